The quantitative estimate of drug-likeness (QED) is 0.801. The maximum atomic E-state index is 12.5. The van der Waals surface area contributed by atoms with Crippen molar-refractivity contribution in [1.82, 2.24) is 5.32 Å². The summed E-state index contributed by atoms with van der Waals surface area (Å²) in [5.74, 6) is 0.751. The maximum absolute atomic E-state index is 12.5. The van der Waals surface area contributed by atoms with E-state index in [0.717, 1.165) is 41.3 Å². The van der Waals surface area contributed by atoms with Crippen molar-refractivity contribution in [3.05, 3.63) is 39.6 Å². The summed E-state index contributed by atoms with van der Waals surface area (Å²) in [6.45, 7) is 4.19. The highest BCUT2D eigenvalue weighted by atomic mass is 79.9. The zero-order chi connectivity index (χ0) is 15.2. The van der Waals surface area contributed by atoms with Crippen LogP contribution in [0.15, 0.2) is 28.4 Å². The van der Waals surface area contributed by atoms with E-state index < -0.39 is 5.54 Å². The van der Waals surface area contributed by atoms with Crippen molar-refractivity contribution in [2.75, 3.05) is 0 Å². The number of halogens is 1. The van der Waals surface area contributed by atoms with Crippen LogP contribution in [0.5, 0.6) is 0 Å². The molecule has 3 nitrogen and oxygen atoms in total. The monoisotopic (exact) mass is 349 g/mol. The van der Waals surface area contributed by atoms with Gasteiger partial charge in [-0.25, -0.2) is 0 Å². The summed E-state index contributed by atoms with van der Waals surface area (Å²) >= 11 is 3.44. The number of carbonyl (C=O) groups excluding carboxylic acids is 1. The molecule has 1 heterocycles. The molecule has 0 aromatic heterocycles. The molecule has 21 heavy (non-hydrogen) atoms. The predicted octanol–water partition coefficient (Wildman–Crippen LogP) is 4.11. The van der Waals surface area contributed by atoms with Crippen LogP contribution in [0.1, 0.15) is 43.7 Å². The van der Waals surface area contributed by atoms with Crippen molar-refractivity contribution < 1.29 is 9.90 Å². The Morgan fingerprint density at radius 3 is 2.67 bits per heavy atom. The topological polar surface area (TPSA) is 49.3 Å². The highest BCUT2D eigenvalue weighted by Gasteiger charge is 2.47. The van der Waals surface area contributed by atoms with Gasteiger partial charge in [0.25, 0.3) is 5.91 Å². The second-order valence-electron chi connectivity index (χ2n) is 6.40. The van der Waals surface area contributed by atoms with Crippen molar-refractivity contribution in [2.45, 2.75) is 45.1 Å². The number of aliphatic hydroxyl groups excluding tert-OH is 1. The van der Waals surface area contributed by atoms with E-state index in [4.69, 9.17) is 0 Å². The molecule has 0 unspecified atom stereocenters. The first-order chi connectivity index (χ1) is 9.93. The van der Waals surface area contributed by atoms with Gasteiger partial charge in [-0.05, 0) is 61.8 Å². The van der Waals surface area contributed by atoms with Gasteiger partial charge < -0.3 is 10.4 Å². The standard InChI is InChI=1S/C17H20BrNO2/c1-10-5-7-17(8-6-10)15(20)14(16(21)19-17)13-9-12(18)4-3-11(13)2/h3-4,9-10,20H,5-8H2,1-2H3,(H,19,21)/t10-,17-. The molecule has 1 fully saturated rings. The van der Waals surface area contributed by atoms with Crippen molar-refractivity contribution >= 4 is 27.4 Å². The second-order valence-corrected chi connectivity index (χ2v) is 7.32. The molecule has 1 spiro atoms. The number of carbonyl (C=O) groups is 1. The third-order valence-corrected chi connectivity index (χ3v) is 5.36. The fraction of sp³-hybridized carbons (Fsp3) is 0.471. The van der Waals surface area contributed by atoms with Crippen LogP contribution in [0.2, 0.25) is 0 Å². The number of benzene rings is 1. The summed E-state index contributed by atoms with van der Waals surface area (Å²) in [5, 5.41) is 13.8. The Hall–Kier alpha value is -1.29. The lowest BCUT2D eigenvalue weighted by Gasteiger charge is -2.36. The van der Waals surface area contributed by atoms with E-state index in [0.29, 0.717) is 11.5 Å². The van der Waals surface area contributed by atoms with Gasteiger partial charge in [0.05, 0.1) is 11.1 Å². The second kappa shape index (κ2) is 5.16. The molecule has 2 N–H and O–H groups in total. The minimum absolute atomic E-state index is 0.150. The van der Waals surface area contributed by atoms with Crippen LogP contribution in [0.4, 0.5) is 0 Å². The number of aryl methyl sites for hydroxylation is 1. The summed E-state index contributed by atoms with van der Waals surface area (Å²) in [7, 11) is 0. The SMILES string of the molecule is Cc1ccc(Br)cc1C1=C(O)[C@]2(CC[C@@H](C)CC2)NC1=O. The van der Waals surface area contributed by atoms with Crippen LogP contribution >= 0.6 is 15.9 Å². The maximum Gasteiger partial charge on any atom is 0.256 e. The molecule has 0 bridgehead atoms. The van der Waals surface area contributed by atoms with Crippen LogP contribution in [0.25, 0.3) is 5.57 Å². The number of hydrogen-bond acceptors (Lipinski definition) is 2. The van der Waals surface area contributed by atoms with Gasteiger partial charge in [0, 0.05) is 4.47 Å². The van der Waals surface area contributed by atoms with Gasteiger partial charge in [-0.15, -0.1) is 0 Å². The Morgan fingerprint density at radius 2 is 2.00 bits per heavy atom. The van der Waals surface area contributed by atoms with Crippen LogP contribution < -0.4 is 5.32 Å². The van der Waals surface area contributed by atoms with E-state index in [-0.39, 0.29) is 11.7 Å². The minimum Gasteiger partial charge on any atom is -0.509 e. The lowest BCUT2D eigenvalue weighted by molar-refractivity contribution is -0.116. The molecule has 1 aliphatic heterocycles. The van der Waals surface area contributed by atoms with E-state index in [1.165, 1.54) is 0 Å². The van der Waals surface area contributed by atoms with Gasteiger partial charge in [0.15, 0.2) is 0 Å². The summed E-state index contributed by atoms with van der Waals surface area (Å²) in [4.78, 5) is 12.5. The molecule has 1 amide bonds. The third kappa shape index (κ3) is 2.39. The molecule has 1 aromatic carbocycles. The summed E-state index contributed by atoms with van der Waals surface area (Å²) in [5.41, 5.74) is 1.72. The van der Waals surface area contributed by atoms with E-state index in [2.05, 4.69) is 28.2 Å². The van der Waals surface area contributed by atoms with Gasteiger partial charge in [-0.2, -0.15) is 0 Å². The normalized spacial score (nSPS) is 29.1. The first kappa shape index (κ1) is 14.6. The molecule has 0 saturated heterocycles. The summed E-state index contributed by atoms with van der Waals surface area (Å²) in [6.07, 6.45) is 3.72. The number of hydrogen-bond donors (Lipinski definition) is 2. The zero-order valence-electron chi connectivity index (χ0n) is 12.4. The highest BCUT2D eigenvalue weighted by Crippen LogP contribution is 2.43. The molecule has 3 rings (SSSR count). The molecule has 0 atom stereocenters. The third-order valence-electron chi connectivity index (χ3n) is 4.87. The lowest BCUT2D eigenvalue weighted by atomic mass is 9.76. The number of rotatable bonds is 1. The van der Waals surface area contributed by atoms with Crippen LogP contribution in [0.3, 0.4) is 0 Å². The molecule has 1 aromatic rings. The molecule has 0 radical (unpaired) electrons. The Morgan fingerprint density at radius 1 is 1.33 bits per heavy atom. The van der Waals surface area contributed by atoms with Gasteiger partial charge in [0.2, 0.25) is 0 Å². The van der Waals surface area contributed by atoms with E-state index in [1.54, 1.807) is 0 Å². The molecule has 1 aliphatic carbocycles. The average Bonchev–Trinajstić information content (AvgIpc) is 2.68. The molecule has 112 valence electrons. The highest BCUT2D eigenvalue weighted by molar-refractivity contribution is 9.10. The molecule has 1 saturated carbocycles. The fourth-order valence-electron chi connectivity index (χ4n) is 3.42. The van der Waals surface area contributed by atoms with E-state index in [1.807, 2.05) is 25.1 Å². The molecule has 2 aliphatic rings. The van der Waals surface area contributed by atoms with E-state index in [9.17, 15) is 9.90 Å². The van der Waals surface area contributed by atoms with Gasteiger partial charge in [-0.1, -0.05) is 28.9 Å². The number of amides is 1. The molecular formula is C17H20BrNO2. The Balaban J connectivity index is 2.06. The van der Waals surface area contributed by atoms with Gasteiger partial charge >= 0.3 is 0 Å². The number of nitrogens with one attached hydrogen (secondary N) is 1. The smallest absolute Gasteiger partial charge is 0.256 e. The van der Waals surface area contributed by atoms with Crippen molar-refractivity contribution in [2.24, 2.45) is 5.92 Å². The Labute approximate surface area is 133 Å². The fourth-order valence-corrected chi connectivity index (χ4v) is 3.78. The van der Waals surface area contributed by atoms with Crippen LogP contribution in [-0.4, -0.2) is 16.6 Å². The zero-order valence-corrected chi connectivity index (χ0v) is 14.0. The van der Waals surface area contributed by atoms with Gasteiger partial charge in [-0.3, -0.25) is 4.79 Å². The predicted molar refractivity (Wildman–Crippen MR) is 86.9 cm³/mol. The van der Waals surface area contributed by atoms with Crippen LogP contribution in [-0.2, 0) is 4.79 Å². The average molecular weight is 350 g/mol. The van der Waals surface area contributed by atoms with Crippen molar-refractivity contribution in [3.8, 4) is 0 Å². The summed E-state index contributed by atoms with van der Waals surface area (Å²) in [6, 6.07) is 5.81. The van der Waals surface area contributed by atoms with Gasteiger partial charge in [0.1, 0.15) is 5.76 Å². The van der Waals surface area contributed by atoms with E-state index >= 15 is 0 Å². The molecule has 4 heteroatoms. The van der Waals surface area contributed by atoms with Crippen LogP contribution in [0, 0.1) is 12.8 Å². The van der Waals surface area contributed by atoms with Crippen molar-refractivity contribution in [1.29, 1.82) is 0 Å². The Bertz CT molecular complexity index is 628. The number of aliphatic hydroxyl groups is 1. The first-order valence-corrected chi connectivity index (χ1v) is 8.25. The molecular weight excluding hydrogens is 330 g/mol. The lowest BCUT2D eigenvalue weighted by Crippen LogP contribution is -2.47. The summed E-state index contributed by atoms with van der Waals surface area (Å²) < 4.78 is 0.911. The minimum atomic E-state index is -0.534. The first-order valence-electron chi connectivity index (χ1n) is 7.46. The largest absolute Gasteiger partial charge is 0.509 e. The Kier molecular flexibility index (Phi) is 3.60. The van der Waals surface area contributed by atoms with Crippen molar-refractivity contribution in [3.63, 3.8) is 0 Å².